The Morgan fingerprint density at radius 3 is 2.43 bits per heavy atom. The summed E-state index contributed by atoms with van der Waals surface area (Å²) >= 11 is 0. The van der Waals surface area contributed by atoms with Crippen molar-refractivity contribution in [1.29, 1.82) is 0 Å². The number of nitrogens with zero attached hydrogens (tertiary/aromatic N) is 1. The molecule has 0 amide bonds. The predicted octanol–water partition coefficient (Wildman–Crippen LogP) is 2.44. The Morgan fingerprint density at radius 2 is 1.79 bits per heavy atom. The number of benzene rings is 2. The molecular formula is C12H12N2. The van der Waals surface area contributed by atoms with Crippen LogP contribution in [0, 0.1) is 6.92 Å². The molecule has 2 aromatic carbocycles. The molecule has 2 N–H and O–H groups in total. The summed E-state index contributed by atoms with van der Waals surface area (Å²) in [6.45, 7) is 2.06. The van der Waals surface area contributed by atoms with Crippen LogP contribution in [-0.2, 0) is 0 Å². The summed E-state index contributed by atoms with van der Waals surface area (Å²) in [5, 5.41) is 6.01. The van der Waals surface area contributed by atoms with Crippen LogP contribution in [0.2, 0.25) is 0 Å². The molecule has 0 saturated carbocycles. The molecule has 0 aromatic heterocycles. The Balaban J connectivity index is 2.70. The number of rotatable bonds is 1. The second-order valence-electron chi connectivity index (χ2n) is 3.33. The van der Waals surface area contributed by atoms with Gasteiger partial charge in [0.15, 0.2) is 0 Å². The third-order valence-electron chi connectivity index (χ3n) is 2.35. The molecule has 0 spiro atoms. The Kier molecular flexibility index (Phi) is 2.19. The van der Waals surface area contributed by atoms with Crippen LogP contribution >= 0.6 is 0 Å². The van der Waals surface area contributed by atoms with Gasteiger partial charge in [-0.15, -0.1) is 0 Å². The maximum absolute atomic E-state index is 5.14. The number of hydrogen-bond acceptors (Lipinski definition) is 2. The third-order valence-corrected chi connectivity index (χ3v) is 2.35. The summed E-state index contributed by atoms with van der Waals surface area (Å²) in [5.41, 5.74) is 2.27. The Labute approximate surface area is 83.0 Å². The van der Waals surface area contributed by atoms with Crippen molar-refractivity contribution >= 4 is 17.0 Å². The zero-order chi connectivity index (χ0) is 9.97. The van der Waals surface area contributed by atoms with Crippen LogP contribution in [0.3, 0.4) is 0 Å². The van der Waals surface area contributed by atoms with E-state index in [0.29, 0.717) is 0 Å². The highest BCUT2D eigenvalue weighted by Gasteiger charge is 1.98. The first-order chi connectivity index (χ1) is 6.81. The highest BCUT2D eigenvalue weighted by atomic mass is 15.1. The van der Waals surface area contributed by atoms with Gasteiger partial charge in [0.1, 0.15) is 0 Å². The van der Waals surface area contributed by atoms with Crippen molar-refractivity contribution in [2.75, 3.05) is 0 Å². The van der Waals surface area contributed by atoms with Gasteiger partial charge in [0.25, 0.3) is 0 Å². The second kappa shape index (κ2) is 3.50. The highest BCUT2D eigenvalue weighted by Crippen LogP contribution is 2.18. The van der Waals surface area contributed by atoms with Crippen molar-refractivity contribution in [3.63, 3.8) is 0 Å². The van der Waals surface area contributed by atoms with Crippen LogP contribution < -0.4 is 5.84 Å². The zero-order valence-corrected chi connectivity index (χ0v) is 8.07. The molecule has 0 radical (unpaired) electrons. The van der Waals surface area contributed by atoms with Gasteiger partial charge >= 0.3 is 0 Å². The number of hydrogen-bond donors (Lipinski definition) is 1. The lowest BCUT2D eigenvalue weighted by atomic mass is 10.0. The SMILES string of the molecule is Cc1cc2ccccc2cc1C=NN. The van der Waals surface area contributed by atoms with Gasteiger partial charge in [0.05, 0.1) is 6.21 Å². The Hall–Kier alpha value is -1.83. The number of aryl methyl sites for hydroxylation is 1. The van der Waals surface area contributed by atoms with Crippen LogP contribution in [0.15, 0.2) is 41.5 Å². The summed E-state index contributed by atoms with van der Waals surface area (Å²) in [7, 11) is 0. The maximum Gasteiger partial charge on any atom is 0.0540 e. The molecule has 0 unspecified atom stereocenters. The molecule has 0 saturated heterocycles. The van der Waals surface area contributed by atoms with Gasteiger partial charge in [-0.05, 0) is 34.9 Å². The zero-order valence-electron chi connectivity index (χ0n) is 8.07. The normalized spacial score (nSPS) is 11.2. The van der Waals surface area contributed by atoms with Gasteiger partial charge in [-0.1, -0.05) is 30.3 Å². The maximum atomic E-state index is 5.14. The van der Waals surface area contributed by atoms with Crippen LogP contribution in [0.4, 0.5) is 0 Å². The first kappa shape index (κ1) is 8.75. The van der Waals surface area contributed by atoms with Crippen molar-refractivity contribution < 1.29 is 0 Å². The predicted molar refractivity (Wildman–Crippen MR) is 60.5 cm³/mol. The van der Waals surface area contributed by atoms with E-state index in [-0.39, 0.29) is 0 Å². The lowest BCUT2D eigenvalue weighted by Gasteiger charge is -2.03. The van der Waals surface area contributed by atoms with Gasteiger partial charge in [0, 0.05) is 0 Å². The number of hydrazone groups is 1. The smallest absolute Gasteiger partial charge is 0.0540 e. The van der Waals surface area contributed by atoms with E-state index in [4.69, 9.17) is 5.84 Å². The van der Waals surface area contributed by atoms with E-state index in [9.17, 15) is 0 Å². The molecule has 70 valence electrons. The van der Waals surface area contributed by atoms with E-state index < -0.39 is 0 Å². The van der Waals surface area contributed by atoms with Crippen molar-refractivity contribution in [2.24, 2.45) is 10.9 Å². The fraction of sp³-hybridized carbons (Fsp3) is 0.0833. The minimum atomic E-state index is 1.08. The van der Waals surface area contributed by atoms with E-state index in [0.717, 1.165) is 5.56 Å². The van der Waals surface area contributed by atoms with Crippen molar-refractivity contribution in [3.8, 4) is 0 Å². The van der Waals surface area contributed by atoms with Crippen LogP contribution in [0.25, 0.3) is 10.8 Å². The lowest BCUT2D eigenvalue weighted by Crippen LogP contribution is -1.90. The molecular weight excluding hydrogens is 172 g/mol. The van der Waals surface area contributed by atoms with E-state index in [1.165, 1.54) is 16.3 Å². The number of nitrogens with two attached hydrogens (primary N) is 1. The first-order valence-electron chi connectivity index (χ1n) is 4.54. The van der Waals surface area contributed by atoms with E-state index in [2.05, 4.69) is 36.3 Å². The molecule has 0 aliphatic rings. The average Bonchev–Trinajstić information content (AvgIpc) is 2.19. The van der Waals surface area contributed by atoms with Gasteiger partial charge in [0.2, 0.25) is 0 Å². The molecule has 2 rings (SSSR count). The molecule has 0 heterocycles. The van der Waals surface area contributed by atoms with Gasteiger partial charge in [-0.25, -0.2) is 0 Å². The third kappa shape index (κ3) is 1.46. The summed E-state index contributed by atoms with van der Waals surface area (Å²) in [4.78, 5) is 0. The molecule has 0 aliphatic carbocycles. The molecule has 2 aromatic rings. The molecule has 0 bridgehead atoms. The molecule has 14 heavy (non-hydrogen) atoms. The molecule has 0 aliphatic heterocycles. The van der Waals surface area contributed by atoms with E-state index in [1.807, 2.05) is 12.1 Å². The standard InChI is InChI=1S/C12H12N2/c1-9-6-10-4-2-3-5-11(10)7-12(9)8-14-13/h2-8H,13H2,1H3. The Morgan fingerprint density at radius 1 is 1.14 bits per heavy atom. The fourth-order valence-corrected chi connectivity index (χ4v) is 1.59. The molecule has 2 nitrogen and oxygen atoms in total. The van der Waals surface area contributed by atoms with Gasteiger partial charge < -0.3 is 5.84 Å². The quantitative estimate of drug-likeness (QED) is 0.412. The molecule has 0 fully saturated rings. The summed E-state index contributed by atoms with van der Waals surface area (Å²) < 4.78 is 0. The van der Waals surface area contributed by atoms with Crippen LogP contribution in [-0.4, -0.2) is 6.21 Å². The summed E-state index contributed by atoms with van der Waals surface area (Å²) in [6.07, 6.45) is 1.68. The topological polar surface area (TPSA) is 38.4 Å². The minimum absolute atomic E-state index is 1.08. The minimum Gasteiger partial charge on any atom is -0.323 e. The molecule has 0 atom stereocenters. The van der Waals surface area contributed by atoms with Crippen LogP contribution in [0.5, 0.6) is 0 Å². The van der Waals surface area contributed by atoms with Crippen molar-refractivity contribution in [2.45, 2.75) is 6.92 Å². The largest absolute Gasteiger partial charge is 0.323 e. The number of fused-ring (bicyclic) bond motifs is 1. The van der Waals surface area contributed by atoms with Crippen molar-refractivity contribution in [3.05, 3.63) is 47.5 Å². The van der Waals surface area contributed by atoms with Gasteiger partial charge in [-0.3, -0.25) is 0 Å². The van der Waals surface area contributed by atoms with Crippen molar-refractivity contribution in [1.82, 2.24) is 0 Å². The van der Waals surface area contributed by atoms with Crippen LogP contribution in [0.1, 0.15) is 11.1 Å². The average molecular weight is 184 g/mol. The van der Waals surface area contributed by atoms with E-state index in [1.54, 1.807) is 6.21 Å². The second-order valence-corrected chi connectivity index (χ2v) is 3.33. The lowest BCUT2D eigenvalue weighted by molar-refractivity contribution is 1.26. The first-order valence-corrected chi connectivity index (χ1v) is 4.54. The summed E-state index contributed by atoms with van der Waals surface area (Å²) in [5.74, 6) is 5.14. The highest BCUT2D eigenvalue weighted by molar-refractivity contribution is 5.92. The monoisotopic (exact) mass is 184 g/mol. The fourth-order valence-electron chi connectivity index (χ4n) is 1.59. The van der Waals surface area contributed by atoms with E-state index >= 15 is 0 Å². The molecule has 2 heteroatoms. The Bertz CT molecular complexity index is 487. The summed E-state index contributed by atoms with van der Waals surface area (Å²) in [6, 6.07) is 12.5. The van der Waals surface area contributed by atoms with Gasteiger partial charge in [-0.2, -0.15) is 5.10 Å².